The van der Waals surface area contributed by atoms with Gasteiger partial charge in [-0.1, -0.05) is 18.2 Å². The molecule has 36 heavy (non-hydrogen) atoms. The Hall–Kier alpha value is -3.03. The predicted molar refractivity (Wildman–Crippen MR) is 139 cm³/mol. The standard InChI is InChI=1S/C27H31N5O3S/c1-20-17-32(26-10-9-21(16-28)27-25(26)8-5-13-29-27)19-23(35-20)18-31-14-11-22(12-15-31)30-36(33,34)24-6-3-2-4-7-24/h2-10,13,20,22-23,30H,11-12,14-15,17-19H2,1H3/t20-,23+/m1/s1. The SMILES string of the molecule is C[C@@H]1CN(c2ccc(C#N)c3ncccc23)C[C@H](CN2CCC(NS(=O)(=O)c3ccccc3)CC2)O1. The highest BCUT2D eigenvalue weighted by Gasteiger charge is 2.30. The molecule has 0 amide bonds. The fourth-order valence-electron chi connectivity index (χ4n) is 5.27. The molecule has 0 unspecified atom stereocenters. The summed E-state index contributed by atoms with van der Waals surface area (Å²) >= 11 is 0. The highest BCUT2D eigenvalue weighted by Crippen LogP contribution is 2.30. The van der Waals surface area contributed by atoms with E-state index in [4.69, 9.17) is 4.74 Å². The van der Waals surface area contributed by atoms with Crippen molar-refractivity contribution in [3.05, 3.63) is 66.4 Å². The number of nitriles is 1. The number of piperidine rings is 1. The largest absolute Gasteiger partial charge is 0.370 e. The summed E-state index contributed by atoms with van der Waals surface area (Å²) < 4.78 is 34.5. The van der Waals surface area contributed by atoms with Gasteiger partial charge < -0.3 is 14.5 Å². The summed E-state index contributed by atoms with van der Waals surface area (Å²) in [6.45, 7) is 6.05. The third kappa shape index (κ3) is 5.37. The van der Waals surface area contributed by atoms with E-state index >= 15 is 0 Å². The minimum absolute atomic E-state index is 0.0358. The number of morpholine rings is 1. The van der Waals surface area contributed by atoms with E-state index in [1.165, 1.54) is 0 Å². The molecule has 0 spiro atoms. The number of benzene rings is 2. The molecule has 2 aromatic carbocycles. The average Bonchev–Trinajstić information content (AvgIpc) is 2.89. The molecule has 0 aliphatic carbocycles. The molecule has 3 heterocycles. The van der Waals surface area contributed by atoms with Crippen molar-refractivity contribution in [3.8, 4) is 6.07 Å². The van der Waals surface area contributed by atoms with Crippen LogP contribution >= 0.6 is 0 Å². The second kappa shape index (κ2) is 10.5. The fourth-order valence-corrected chi connectivity index (χ4v) is 6.60. The Morgan fingerprint density at radius 2 is 1.86 bits per heavy atom. The van der Waals surface area contributed by atoms with Crippen LogP contribution in [0.2, 0.25) is 0 Å². The molecule has 188 valence electrons. The number of pyridine rings is 1. The van der Waals surface area contributed by atoms with E-state index in [-0.39, 0.29) is 18.2 Å². The van der Waals surface area contributed by atoms with E-state index in [0.717, 1.165) is 62.2 Å². The molecular weight excluding hydrogens is 474 g/mol. The quantitative estimate of drug-likeness (QED) is 0.550. The van der Waals surface area contributed by atoms with Crippen LogP contribution in [0.25, 0.3) is 10.9 Å². The van der Waals surface area contributed by atoms with Gasteiger partial charge in [-0.25, -0.2) is 13.1 Å². The van der Waals surface area contributed by atoms with Gasteiger partial charge in [-0.05, 0) is 69.3 Å². The Morgan fingerprint density at radius 1 is 1.08 bits per heavy atom. The molecular formula is C27H31N5O3S. The summed E-state index contributed by atoms with van der Waals surface area (Å²) in [5, 5.41) is 10.5. The van der Waals surface area contributed by atoms with Gasteiger partial charge in [0.05, 0.1) is 28.2 Å². The Morgan fingerprint density at radius 3 is 2.61 bits per heavy atom. The summed E-state index contributed by atoms with van der Waals surface area (Å²) in [7, 11) is -3.50. The predicted octanol–water partition coefficient (Wildman–Crippen LogP) is 3.14. The first-order valence-electron chi connectivity index (χ1n) is 12.4. The molecule has 1 aromatic heterocycles. The second-order valence-electron chi connectivity index (χ2n) is 9.63. The number of fused-ring (bicyclic) bond motifs is 1. The summed E-state index contributed by atoms with van der Waals surface area (Å²) in [4.78, 5) is 9.47. The molecule has 0 radical (unpaired) electrons. The molecule has 9 heteroatoms. The van der Waals surface area contributed by atoms with Crippen LogP contribution in [0.3, 0.4) is 0 Å². The first kappa shape index (κ1) is 24.7. The molecule has 5 rings (SSSR count). The van der Waals surface area contributed by atoms with E-state index in [0.29, 0.717) is 10.5 Å². The van der Waals surface area contributed by atoms with E-state index in [1.807, 2.05) is 30.3 Å². The van der Waals surface area contributed by atoms with Crippen molar-refractivity contribution in [1.29, 1.82) is 5.26 Å². The number of nitrogens with one attached hydrogen (secondary N) is 1. The van der Waals surface area contributed by atoms with E-state index in [9.17, 15) is 13.7 Å². The molecule has 2 aliphatic rings. The lowest BCUT2D eigenvalue weighted by Crippen LogP contribution is -2.53. The molecule has 0 bridgehead atoms. The molecule has 0 saturated carbocycles. The Kier molecular flexibility index (Phi) is 7.21. The van der Waals surface area contributed by atoms with Gasteiger partial charge in [0.25, 0.3) is 0 Å². The van der Waals surface area contributed by atoms with Crippen molar-refractivity contribution in [3.63, 3.8) is 0 Å². The molecule has 2 aliphatic heterocycles. The number of hydrogen-bond donors (Lipinski definition) is 1. The van der Waals surface area contributed by atoms with Crippen molar-refractivity contribution in [2.45, 2.75) is 42.9 Å². The number of rotatable bonds is 6. The van der Waals surface area contributed by atoms with Gasteiger partial charge in [0.15, 0.2) is 0 Å². The Bertz CT molecular complexity index is 1350. The van der Waals surface area contributed by atoms with E-state index in [2.05, 4.69) is 32.5 Å². The van der Waals surface area contributed by atoms with Gasteiger partial charge in [0, 0.05) is 42.9 Å². The summed E-state index contributed by atoms with van der Waals surface area (Å²) in [6, 6.07) is 18.5. The van der Waals surface area contributed by atoms with Crippen molar-refractivity contribution in [2.75, 3.05) is 37.6 Å². The highest BCUT2D eigenvalue weighted by atomic mass is 32.2. The van der Waals surface area contributed by atoms with Crippen molar-refractivity contribution in [1.82, 2.24) is 14.6 Å². The van der Waals surface area contributed by atoms with Crippen LogP contribution < -0.4 is 9.62 Å². The zero-order valence-electron chi connectivity index (χ0n) is 20.4. The minimum atomic E-state index is -3.50. The molecule has 1 N–H and O–H groups in total. The smallest absolute Gasteiger partial charge is 0.240 e. The number of ether oxygens (including phenoxy) is 1. The maximum Gasteiger partial charge on any atom is 0.240 e. The topological polar surface area (TPSA) is 98.6 Å². The van der Waals surface area contributed by atoms with Crippen molar-refractivity contribution < 1.29 is 13.2 Å². The first-order valence-corrected chi connectivity index (χ1v) is 13.9. The van der Waals surface area contributed by atoms with Crippen LogP contribution in [0.15, 0.2) is 65.7 Å². The van der Waals surface area contributed by atoms with Crippen LogP contribution in [-0.2, 0) is 14.8 Å². The number of aromatic nitrogens is 1. The summed E-state index contributed by atoms with van der Waals surface area (Å²) in [5.74, 6) is 0. The van der Waals surface area contributed by atoms with Gasteiger partial charge in [-0.2, -0.15) is 5.26 Å². The van der Waals surface area contributed by atoms with Gasteiger partial charge in [0.2, 0.25) is 10.0 Å². The third-order valence-corrected chi connectivity index (χ3v) is 8.50. The fraction of sp³-hybridized carbons (Fsp3) is 0.407. The van der Waals surface area contributed by atoms with Crippen LogP contribution in [0, 0.1) is 11.3 Å². The van der Waals surface area contributed by atoms with E-state index < -0.39 is 10.0 Å². The molecule has 2 saturated heterocycles. The maximum atomic E-state index is 12.7. The normalized spacial score (nSPS) is 21.9. The van der Waals surface area contributed by atoms with Gasteiger partial charge >= 0.3 is 0 Å². The second-order valence-corrected chi connectivity index (χ2v) is 11.3. The monoisotopic (exact) mass is 505 g/mol. The zero-order valence-corrected chi connectivity index (χ0v) is 21.2. The first-order chi connectivity index (χ1) is 17.4. The highest BCUT2D eigenvalue weighted by molar-refractivity contribution is 7.89. The van der Waals surface area contributed by atoms with Gasteiger partial charge in [-0.15, -0.1) is 0 Å². The third-order valence-electron chi connectivity index (χ3n) is 6.96. The van der Waals surface area contributed by atoms with Crippen LogP contribution in [0.5, 0.6) is 0 Å². The maximum absolute atomic E-state index is 12.7. The van der Waals surface area contributed by atoms with Crippen LogP contribution in [-0.4, -0.2) is 69.3 Å². The lowest BCUT2D eigenvalue weighted by atomic mass is 10.0. The van der Waals surface area contributed by atoms with Crippen LogP contribution in [0.4, 0.5) is 5.69 Å². The Balaban J connectivity index is 1.21. The number of likely N-dealkylation sites (tertiary alicyclic amines) is 1. The average molecular weight is 506 g/mol. The lowest BCUT2D eigenvalue weighted by molar-refractivity contribution is -0.0350. The summed E-state index contributed by atoms with van der Waals surface area (Å²) in [5.41, 5.74) is 2.39. The zero-order chi connectivity index (χ0) is 25.1. The van der Waals surface area contributed by atoms with Crippen LogP contribution in [0.1, 0.15) is 25.3 Å². The van der Waals surface area contributed by atoms with Gasteiger partial charge in [-0.3, -0.25) is 4.98 Å². The number of sulfonamides is 1. The minimum Gasteiger partial charge on any atom is -0.370 e. The van der Waals surface area contributed by atoms with E-state index in [1.54, 1.807) is 30.5 Å². The number of hydrogen-bond acceptors (Lipinski definition) is 7. The lowest BCUT2D eigenvalue weighted by Gasteiger charge is -2.41. The number of anilines is 1. The molecule has 2 atom stereocenters. The molecule has 2 fully saturated rings. The summed E-state index contributed by atoms with van der Waals surface area (Å²) in [6.07, 6.45) is 3.37. The van der Waals surface area contributed by atoms with Crippen molar-refractivity contribution in [2.24, 2.45) is 0 Å². The van der Waals surface area contributed by atoms with Gasteiger partial charge in [0.1, 0.15) is 6.07 Å². The molecule has 3 aromatic rings. The number of nitrogens with zero attached hydrogens (tertiary/aromatic N) is 4. The van der Waals surface area contributed by atoms with Crippen molar-refractivity contribution >= 4 is 26.6 Å². The molecule has 8 nitrogen and oxygen atoms in total. The Labute approximate surface area is 212 Å².